The topological polar surface area (TPSA) is 30.5 Å². The van der Waals surface area contributed by atoms with Crippen LogP contribution in [0.15, 0.2) is 18.2 Å². The van der Waals surface area contributed by atoms with Gasteiger partial charge in [0.2, 0.25) is 0 Å². The quantitative estimate of drug-likeness (QED) is 0.904. The molecule has 0 bridgehead atoms. The Hall–Kier alpha value is -1.06. The van der Waals surface area contributed by atoms with E-state index in [4.69, 9.17) is 9.47 Å². The Morgan fingerprint density at radius 1 is 1.37 bits per heavy atom. The maximum Gasteiger partial charge on any atom is 0.127 e. The molecule has 0 saturated heterocycles. The zero-order valence-electron chi connectivity index (χ0n) is 12.0. The minimum absolute atomic E-state index is 0.0595. The van der Waals surface area contributed by atoms with E-state index in [2.05, 4.69) is 37.4 Å². The minimum atomic E-state index is -0.0595. The summed E-state index contributed by atoms with van der Waals surface area (Å²) in [5, 5.41) is 3.60. The highest BCUT2D eigenvalue weighted by atomic mass is 16.5. The van der Waals surface area contributed by atoms with Crippen molar-refractivity contribution < 1.29 is 9.47 Å². The lowest BCUT2D eigenvalue weighted by Gasteiger charge is -2.35. The van der Waals surface area contributed by atoms with Crippen molar-refractivity contribution in [2.45, 2.75) is 57.4 Å². The second-order valence-corrected chi connectivity index (χ2v) is 6.35. The number of benzene rings is 1. The van der Waals surface area contributed by atoms with E-state index in [9.17, 15) is 0 Å². The van der Waals surface area contributed by atoms with E-state index in [1.807, 2.05) is 0 Å². The molecule has 0 aromatic heterocycles. The van der Waals surface area contributed by atoms with Gasteiger partial charge in [0.15, 0.2) is 0 Å². The second kappa shape index (κ2) is 4.80. The molecule has 1 aliphatic carbocycles. The van der Waals surface area contributed by atoms with Gasteiger partial charge >= 0.3 is 0 Å². The first-order valence-electron chi connectivity index (χ1n) is 7.13. The van der Waals surface area contributed by atoms with Crippen molar-refractivity contribution in [2.24, 2.45) is 0 Å². The molecule has 1 aromatic carbocycles. The van der Waals surface area contributed by atoms with Crippen LogP contribution in [-0.4, -0.2) is 24.9 Å². The normalized spacial score (nSPS) is 27.5. The van der Waals surface area contributed by atoms with Crippen LogP contribution in [0.1, 0.15) is 37.8 Å². The molecule has 1 aromatic rings. The number of hydrogen-bond acceptors (Lipinski definition) is 3. The predicted molar refractivity (Wildman–Crippen MR) is 75.5 cm³/mol. The van der Waals surface area contributed by atoms with Gasteiger partial charge in [-0.25, -0.2) is 0 Å². The van der Waals surface area contributed by atoms with Crippen LogP contribution in [-0.2, 0) is 17.7 Å². The summed E-state index contributed by atoms with van der Waals surface area (Å²) in [5.74, 6) is 1.10. The van der Waals surface area contributed by atoms with Gasteiger partial charge in [-0.1, -0.05) is 18.2 Å². The molecule has 19 heavy (non-hydrogen) atoms. The summed E-state index contributed by atoms with van der Waals surface area (Å²) in [6.45, 7) is 5.19. The van der Waals surface area contributed by atoms with Crippen molar-refractivity contribution in [1.82, 2.24) is 5.32 Å². The summed E-state index contributed by atoms with van der Waals surface area (Å²) < 4.78 is 11.4. The van der Waals surface area contributed by atoms with Gasteiger partial charge in [-0.2, -0.15) is 0 Å². The fourth-order valence-electron chi connectivity index (χ4n) is 3.00. The average Bonchev–Trinajstić information content (AvgIpc) is 2.62. The molecule has 0 atom stereocenters. The number of rotatable bonds is 4. The summed E-state index contributed by atoms with van der Waals surface area (Å²) in [6.07, 6.45) is 3.70. The van der Waals surface area contributed by atoms with Crippen LogP contribution < -0.4 is 10.1 Å². The van der Waals surface area contributed by atoms with Gasteiger partial charge in [-0.15, -0.1) is 0 Å². The lowest BCUT2D eigenvalue weighted by Crippen LogP contribution is -2.44. The Morgan fingerprint density at radius 2 is 2.16 bits per heavy atom. The van der Waals surface area contributed by atoms with Crippen molar-refractivity contribution >= 4 is 0 Å². The van der Waals surface area contributed by atoms with Gasteiger partial charge in [-0.05, 0) is 32.3 Å². The number of fused-ring (bicyclic) bond motifs is 1. The van der Waals surface area contributed by atoms with Crippen molar-refractivity contribution in [1.29, 1.82) is 0 Å². The Balaban J connectivity index is 1.62. The lowest BCUT2D eigenvalue weighted by atomic mass is 9.89. The van der Waals surface area contributed by atoms with E-state index >= 15 is 0 Å². The maximum absolute atomic E-state index is 6.09. The van der Waals surface area contributed by atoms with E-state index in [0.717, 1.165) is 31.6 Å². The molecule has 1 N–H and O–H groups in total. The van der Waals surface area contributed by atoms with Crippen LogP contribution in [0.5, 0.6) is 5.75 Å². The summed E-state index contributed by atoms with van der Waals surface area (Å²) in [6, 6.07) is 7.08. The molecule has 0 unspecified atom stereocenters. The Kier molecular flexibility index (Phi) is 3.27. The highest BCUT2D eigenvalue weighted by Crippen LogP contribution is 2.37. The molecule has 1 saturated carbocycles. The van der Waals surface area contributed by atoms with Gasteiger partial charge in [0.1, 0.15) is 11.4 Å². The number of methoxy groups -OCH3 is 1. The van der Waals surface area contributed by atoms with E-state index < -0.39 is 0 Å². The molecular weight excluding hydrogens is 238 g/mol. The monoisotopic (exact) mass is 261 g/mol. The Morgan fingerprint density at radius 3 is 2.89 bits per heavy atom. The van der Waals surface area contributed by atoms with Crippen LogP contribution in [0, 0.1) is 0 Å². The fourth-order valence-corrected chi connectivity index (χ4v) is 3.00. The molecule has 1 aliphatic heterocycles. The first-order valence-corrected chi connectivity index (χ1v) is 7.13. The second-order valence-electron chi connectivity index (χ2n) is 6.35. The van der Waals surface area contributed by atoms with Crippen LogP contribution >= 0.6 is 0 Å². The van der Waals surface area contributed by atoms with Gasteiger partial charge in [0, 0.05) is 31.7 Å². The Labute approximate surface area is 115 Å². The van der Waals surface area contributed by atoms with Crippen molar-refractivity contribution in [3.63, 3.8) is 0 Å². The third-order valence-corrected chi connectivity index (χ3v) is 4.18. The number of ether oxygens (including phenoxy) is 2. The van der Waals surface area contributed by atoms with Crippen LogP contribution in [0.4, 0.5) is 0 Å². The van der Waals surface area contributed by atoms with Gasteiger partial charge in [0.05, 0.1) is 6.10 Å². The first kappa shape index (κ1) is 12.9. The summed E-state index contributed by atoms with van der Waals surface area (Å²) >= 11 is 0. The molecule has 104 valence electrons. The molecule has 0 amide bonds. The minimum Gasteiger partial charge on any atom is -0.487 e. The van der Waals surface area contributed by atoms with Gasteiger partial charge < -0.3 is 14.8 Å². The molecule has 2 aliphatic rings. The zero-order valence-corrected chi connectivity index (χ0v) is 12.0. The third-order valence-electron chi connectivity index (χ3n) is 4.18. The summed E-state index contributed by atoms with van der Waals surface area (Å²) in [7, 11) is 1.79. The molecule has 1 fully saturated rings. The lowest BCUT2D eigenvalue weighted by molar-refractivity contribution is 0.0169. The molecule has 3 heteroatoms. The van der Waals surface area contributed by atoms with Crippen LogP contribution in [0.25, 0.3) is 0 Å². The van der Waals surface area contributed by atoms with E-state index in [1.165, 1.54) is 11.1 Å². The average molecular weight is 261 g/mol. The Bertz CT molecular complexity index is 464. The summed E-state index contributed by atoms with van der Waals surface area (Å²) in [5.41, 5.74) is 2.56. The van der Waals surface area contributed by atoms with Crippen molar-refractivity contribution in [2.75, 3.05) is 7.11 Å². The van der Waals surface area contributed by atoms with Crippen LogP contribution in [0.3, 0.4) is 0 Å². The first-order chi connectivity index (χ1) is 9.07. The van der Waals surface area contributed by atoms with E-state index in [0.29, 0.717) is 12.1 Å². The third kappa shape index (κ3) is 2.63. The smallest absolute Gasteiger partial charge is 0.127 e. The van der Waals surface area contributed by atoms with E-state index in [1.54, 1.807) is 7.11 Å². The molecule has 1 heterocycles. The van der Waals surface area contributed by atoms with E-state index in [-0.39, 0.29) is 5.60 Å². The number of para-hydroxylation sites is 1. The predicted octanol–water partition coefficient (Wildman–Crippen LogP) is 2.67. The maximum atomic E-state index is 6.09. The largest absolute Gasteiger partial charge is 0.487 e. The highest BCUT2D eigenvalue weighted by molar-refractivity contribution is 5.45. The van der Waals surface area contributed by atoms with Gasteiger partial charge in [0.25, 0.3) is 0 Å². The van der Waals surface area contributed by atoms with Crippen molar-refractivity contribution in [3.05, 3.63) is 29.3 Å². The zero-order chi connectivity index (χ0) is 13.5. The molecular formula is C16H23NO2. The highest BCUT2D eigenvalue weighted by Gasteiger charge is 2.32. The van der Waals surface area contributed by atoms with Crippen LogP contribution in [0.2, 0.25) is 0 Å². The molecule has 0 spiro atoms. The number of hydrogen-bond donors (Lipinski definition) is 1. The molecule has 3 rings (SSSR count). The molecule has 3 nitrogen and oxygen atoms in total. The standard InChI is InChI=1S/C16H23NO2/c1-16(2)9-11-5-4-6-12(15(11)19-16)10-17-13-7-14(8-13)18-3/h4-6,13-14,17H,7-10H2,1-3H3. The summed E-state index contributed by atoms with van der Waals surface area (Å²) in [4.78, 5) is 0. The number of nitrogens with one attached hydrogen (secondary N) is 1. The SMILES string of the molecule is COC1CC(NCc2cccc3c2OC(C)(C)C3)C1. The van der Waals surface area contributed by atoms with Gasteiger partial charge in [-0.3, -0.25) is 0 Å². The fraction of sp³-hybridized carbons (Fsp3) is 0.625. The molecule has 0 radical (unpaired) electrons. The van der Waals surface area contributed by atoms with Crippen molar-refractivity contribution in [3.8, 4) is 5.75 Å².